The summed E-state index contributed by atoms with van der Waals surface area (Å²) in [6.45, 7) is 4.34. The first kappa shape index (κ1) is 16.1. The fourth-order valence-electron chi connectivity index (χ4n) is 2.68. The summed E-state index contributed by atoms with van der Waals surface area (Å²) >= 11 is 0. The summed E-state index contributed by atoms with van der Waals surface area (Å²) in [7, 11) is 0. The van der Waals surface area contributed by atoms with Crippen molar-refractivity contribution in [2.75, 3.05) is 5.32 Å². The van der Waals surface area contributed by atoms with Crippen molar-refractivity contribution in [3.8, 4) is 5.75 Å². The Labute approximate surface area is 142 Å². The molecule has 0 aliphatic carbocycles. The molecule has 1 atom stereocenters. The number of benzene rings is 3. The molecule has 0 spiro atoms. The van der Waals surface area contributed by atoms with E-state index in [9.17, 15) is 4.79 Å². The first-order valence-electron chi connectivity index (χ1n) is 8.24. The quantitative estimate of drug-likeness (QED) is 0.644. The van der Waals surface area contributed by atoms with Gasteiger partial charge in [-0.3, -0.25) is 5.32 Å². The molecule has 0 saturated heterocycles. The van der Waals surface area contributed by atoms with Crippen LogP contribution in [0.2, 0.25) is 0 Å². The van der Waals surface area contributed by atoms with Crippen LogP contribution in [0.1, 0.15) is 31.7 Å². The van der Waals surface area contributed by atoms with Gasteiger partial charge in [0, 0.05) is 5.39 Å². The van der Waals surface area contributed by atoms with Gasteiger partial charge >= 0.3 is 6.09 Å². The molecule has 0 aromatic heterocycles. The van der Waals surface area contributed by atoms with E-state index in [0.717, 1.165) is 22.9 Å². The number of hydrogen-bond acceptors (Lipinski definition) is 2. The van der Waals surface area contributed by atoms with Crippen LogP contribution in [-0.2, 0) is 0 Å². The Morgan fingerprint density at radius 3 is 2.46 bits per heavy atom. The van der Waals surface area contributed by atoms with Gasteiger partial charge in [0.25, 0.3) is 0 Å². The van der Waals surface area contributed by atoms with Crippen molar-refractivity contribution < 1.29 is 9.53 Å². The van der Waals surface area contributed by atoms with Gasteiger partial charge in [-0.25, -0.2) is 4.79 Å². The van der Waals surface area contributed by atoms with Crippen LogP contribution in [0.4, 0.5) is 10.5 Å². The van der Waals surface area contributed by atoms with E-state index in [0.29, 0.717) is 11.7 Å². The highest BCUT2D eigenvalue weighted by molar-refractivity contribution is 6.00. The second kappa shape index (κ2) is 7.18. The fourth-order valence-corrected chi connectivity index (χ4v) is 2.68. The van der Waals surface area contributed by atoms with Gasteiger partial charge in [-0.15, -0.1) is 0 Å². The molecule has 0 bridgehead atoms. The van der Waals surface area contributed by atoms with E-state index in [2.05, 4.69) is 19.2 Å². The Bertz CT molecular complexity index is 835. The van der Waals surface area contributed by atoms with E-state index in [-0.39, 0.29) is 0 Å². The number of anilines is 1. The third-order valence-corrected chi connectivity index (χ3v) is 4.30. The van der Waals surface area contributed by atoms with Gasteiger partial charge < -0.3 is 4.74 Å². The predicted octanol–water partition coefficient (Wildman–Crippen LogP) is 5.96. The molecule has 122 valence electrons. The van der Waals surface area contributed by atoms with Gasteiger partial charge in [-0.05, 0) is 41.5 Å². The molecule has 0 saturated carbocycles. The SMILES string of the molecule is CCC(C)c1ccc(OC(=O)Nc2cccc3ccccc23)cc1. The average Bonchev–Trinajstić information content (AvgIpc) is 2.62. The van der Waals surface area contributed by atoms with Crippen molar-refractivity contribution in [1.82, 2.24) is 0 Å². The number of carbonyl (C=O) groups is 1. The lowest BCUT2D eigenvalue weighted by atomic mass is 9.99. The molecule has 1 amide bonds. The third kappa shape index (κ3) is 3.57. The van der Waals surface area contributed by atoms with Crippen molar-refractivity contribution >= 4 is 22.6 Å². The van der Waals surface area contributed by atoms with E-state index in [1.807, 2.05) is 66.7 Å². The van der Waals surface area contributed by atoms with Gasteiger partial charge in [0.2, 0.25) is 0 Å². The van der Waals surface area contributed by atoms with Crippen molar-refractivity contribution in [3.63, 3.8) is 0 Å². The normalized spacial score (nSPS) is 11.9. The number of carbonyl (C=O) groups excluding carboxylic acids is 1. The summed E-state index contributed by atoms with van der Waals surface area (Å²) in [5.41, 5.74) is 1.99. The molecule has 3 aromatic carbocycles. The summed E-state index contributed by atoms with van der Waals surface area (Å²) in [6, 6.07) is 21.4. The van der Waals surface area contributed by atoms with Crippen LogP contribution in [0.5, 0.6) is 5.75 Å². The minimum atomic E-state index is -0.484. The molecule has 3 aromatic rings. The number of ether oxygens (including phenoxy) is 1. The molecule has 1 unspecified atom stereocenters. The highest BCUT2D eigenvalue weighted by Gasteiger charge is 2.09. The van der Waals surface area contributed by atoms with E-state index in [1.165, 1.54) is 5.56 Å². The summed E-state index contributed by atoms with van der Waals surface area (Å²) in [5, 5.41) is 4.89. The van der Waals surface area contributed by atoms with E-state index in [4.69, 9.17) is 4.74 Å². The topological polar surface area (TPSA) is 38.3 Å². The molecule has 3 nitrogen and oxygen atoms in total. The molecule has 3 rings (SSSR count). The van der Waals surface area contributed by atoms with E-state index >= 15 is 0 Å². The molecule has 0 fully saturated rings. The smallest absolute Gasteiger partial charge is 0.410 e. The number of nitrogens with one attached hydrogen (secondary N) is 1. The zero-order chi connectivity index (χ0) is 16.9. The van der Waals surface area contributed by atoms with Gasteiger partial charge in [0.1, 0.15) is 5.75 Å². The van der Waals surface area contributed by atoms with Crippen molar-refractivity contribution in [2.45, 2.75) is 26.2 Å². The van der Waals surface area contributed by atoms with Crippen LogP contribution in [0.15, 0.2) is 66.7 Å². The zero-order valence-electron chi connectivity index (χ0n) is 14.0. The Hall–Kier alpha value is -2.81. The molecular formula is C21H21NO2. The maximum absolute atomic E-state index is 12.2. The minimum Gasteiger partial charge on any atom is -0.410 e. The van der Waals surface area contributed by atoms with Crippen LogP contribution >= 0.6 is 0 Å². The van der Waals surface area contributed by atoms with Gasteiger partial charge in [-0.2, -0.15) is 0 Å². The summed E-state index contributed by atoms with van der Waals surface area (Å²) in [5.74, 6) is 1.04. The van der Waals surface area contributed by atoms with Crippen molar-refractivity contribution in [3.05, 3.63) is 72.3 Å². The second-order valence-electron chi connectivity index (χ2n) is 5.92. The zero-order valence-corrected chi connectivity index (χ0v) is 14.0. The molecule has 0 heterocycles. The molecule has 1 N–H and O–H groups in total. The maximum Gasteiger partial charge on any atom is 0.417 e. The van der Waals surface area contributed by atoms with Gasteiger partial charge in [0.15, 0.2) is 0 Å². The number of amides is 1. The van der Waals surface area contributed by atoms with Gasteiger partial charge in [0.05, 0.1) is 5.69 Å². The lowest BCUT2D eigenvalue weighted by Crippen LogP contribution is -2.16. The van der Waals surface area contributed by atoms with Gasteiger partial charge in [-0.1, -0.05) is 62.4 Å². The van der Waals surface area contributed by atoms with Crippen LogP contribution in [-0.4, -0.2) is 6.09 Å². The third-order valence-electron chi connectivity index (χ3n) is 4.30. The standard InChI is InChI=1S/C21H21NO2/c1-3-15(2)16-11-13-18(14-12-16)24-21(23)22-20-10-6-8-17-7-4-5-9-19(17)20/h4-15H,3H2,1-2H3,(H,22,23). The summed E-state index contributed by atoms with van der Waals surface area (Å²) < 4.78 is 5.39. The summed E-state index contributed by atoms with van der Waals surface area (Å²) in [6.07, 6.45) is 0.601. The van der Waals surface area contributed by atoms with E-state index < -0.39 is 6.09 Å². The lowest BCUT2D eigenvalue weighted by Gasteiger charge is -2.11. The highest BCUT2D eigenvalue weighted by atomic mass is 16.6. The highest BCUT2D eigenvalue weighted by Crippen LogP contribution is 2.24. The Kier molecular flexibility index (Phi) is 4.80. The number of hydrogen-bond donors (Lipinski definition) is 1. The van der Waals surface area contributed by atoms with Crippen LogP contribution < -0.4 is 10.1 Å². The monoisotopic (exact) mass is 319 g/mol. The van der Waals surface area contributed by atoms with Crippen LogP contribution in [0.25, 0.3) is 10.8 Å². The molecular weight excluding hydrogens is 298 g/mol. The molecule has 24 heavy (non-hydrogen) atoms. The fraction of sp³-hybridized carbons (Fsp3) is 0.190. The number of rotatable bonds is 4. The molecule has 3 heteroatoms. The maximum atomic E-state index is 12.2. The predicted molar refractivity (Wildman–Crippen MR) is 98.7 cm³/mol. The Morgan fingerprint density at radius 2 is 1.71 bits per heavy atom. The van der Waals surface area contributed by atoms with Crippen LogP contribution in [0, 0.1) is 0 Å². The average molecular weight is 319 g/mol. The number of fused-ring (bicyclic) bond motifs is 1. The Balaban J connectivity index is 1.71. The minimum absolute atomic E-state index is 0.484. The summed E-state index contributed by atoms with van der Waals surface area (Å²) in [4.78, 5) is 12.2. The first-order chi connectivity index (χ1) is 11.7. The Morgan fingerprint density at radius 1 is 1.00 bits per heavy atom. The first-order valence-corrected chi connectivity index (χ1v) is 8.24. The largest absolute Gasteiger partial charge is 0.417 e. The molecule has 0 aliphatic heterocycles. The molecule has 0 radical (unpaired) electrons. The van der Waals surface area contributed by atoms with Crippen molar-refractivity contribution in [2.24, 2.45) is 0 Å². The molecule has 0 aliphatic rings. The van der Waals surface area contributed by atoms with Crippen LogP contribution in [0.3, 0.4) is 0 Å². The van der Waals surface area contributed by atoms with E-state index in [1.54, 1.807) is 0 Å². The van der Waals surface area contributed by atoms with Crippen molar-refractivity contribution in [1.29, 1.82) is 0 Å². The lowest BCUT2D eigenvalue weighted by molar-refractivity contribution is 0.215. The second-order valence-corrected chi connectivity index (χ2v) is 5.92.